The van der Waals surface area contributed by atoms with E-state index in [2.05, 4.69) is 25.3 Å². The van der Waals surface area contributed by atoms with E-state index >= 15 is 0 Å². The maximum absolute atomic E-state index is 12.2. The first-order valence-corrected chi connectivity index (χ1v) is 8.05. The molecule has 1 heterocycles. The number of hydrogen-bond acceptors (Lipinski definition) is 6. The van der Waals surface area contributed by atoms with Crippen molar-refractivity contribution in [2.45, 2.75) is 13.3 Å². The summed E-state index contributed by atoms with van der Waals surface area (Å²) in [5.41, 5.74) is 0.861. The summed E-state index contributed by atoms with van der Waals surface area (Å²) >= 11 is 0. The number of carbonyl (C=O) groups excluding carboxylic acids is 1. The van der Waals surface area contributed by atoms with Gasteiger partial charge in [-0.15, -0.1) is 13.2 Å². The van der Waals surface area contributed by atoms with Crippen LogP contribution in [0.1, 0.15) is 16.1 Å². The molecule has 0 radical (unpaired) electrons. The minimum absolute atomic E-state index is 0.0680. The predicted molar refractivity (Wildman–Crippen MR) is 95.0 cm³/mol. The van der Waals surface area contributed by atoms with E-state index in [-0.39, 0.29) is 12.1 Å². The molecule has 0 spiro atoms. The Balaban J connectivity index is 1.87. The van der Waals surface area contributed by atoms with Gasteiger partial charge in [0.15, 0.2) is 0 Å². The van der Waals surface area contributed by atoms with Gasteiger partial charge in [0.05, 0.1) is 0 Å². The molecule has 2 rings (SSSR count). The number of halogens is 3. The van der Waals surface area contributed by atoms with E-state index in [0.717, 1.165) is 23.6 Å². The molecule has 2 aromatic rings. The third-order valence-electron chi connectivity index (χ3n) is 3.32. The maximum Gasteiger partial charge on any atom is 0.573 e. The number of nitrogens with one attached hydrogen (secondary N) is 2. The quantitative estimate of drug-likeness (QED) is 0.716. The van der Waals surface area contributed by atoms with Crippen LogP contribution in [0, 0.1) is 6.92 Å². The van der Waals surface area contributed by atoms with Crippen LogP contribution < -0.4 is 20.3 Å². The molecule has 0 atom stereocenters. The Morgan fingerprint density at radius 3 is 2.59 bits per heavy atom. The van der Waals surface area contributed by atoms with Crippen molar-refractivity contribution in [3.63, 3.8) is 0 Å². The Morgan fingerprint density at radius 2 is 1.93 bits per heavy atom. The van der Waals surface area contributed by atoms with E-state index < -0.39 is 18.0 Å². The van der Waals surface area contributed by atoms with Crippen LogP contribution in [0.5, 0.6) is 5.75 Å². The number of alkyl halides is 3. The number of rotatable bonds is 7. The number of hydrogen-bond donors (Lipinski definition) is 2. The van der Waals surface area contributed by atoms with Crippen LogP contribution in [0.3, 0.4) is 0 Å². The van der Waals surface area contributed by atoms with E-state index in [9.17, 15) is 18.0 Å². The smallest absolute Gasteiger partial charge is 0.406 e. The number of nitrogens with zero attached hydrogens (tertiary/aromatic N) is 3. The molecular formula is C17H20F3N5O2. The van der Waals surface area contributed by atoms with Crippen molar-refractivity contribution in [3.05, 3.63) is 41.6 Å². The number of aromatic nitrogens is 2. The standard InChI is InChI=1S/C17H20F3N5O2/c1-11-9-14(25(2)3)24-16(23-11)22-8-7-21-15(26)12-5-4-6-13(10-12)27-17(18,19)20/h4-6,9-10H,7-8H2,1-3H3,(H,21,26)(H,22,23,24). The van der Waals surface area contributed by atoms with Gasteiger partial charge in [-0.2, -0.15) is 4.98 Å². The average Bonchev–Trinajstić information content (AvgIpc) is 2.56. The molecule has 1 aromatic heterocycles. The summed E-state index contributed by atoms with van der Waals surface area (Å²) in [4.78, 5) is 22.5. The molecule has 10 heteroatoms. The number of aryl methyl sites for hydroxylation is 1. The third-order valence-corrected chi connectivity index (χ3v) is 3.32. The Bertz CT molecular complexity index is 796. The second-order valence-electron chi connectivity index (χ2n) is 5.84. The van der Waals surface area contributed by atoms with E-state index in [0.29, 0.717) is 12.5 Å². The fourth-order valence-corrected chi connectivity index (χ4v) is 2.15. The Morgan fingerprint density at radius 1 is 1.19 bits per heavy atom. The molecule has 0 saturated heterocycles. The zero-order chi connectivity index (χ0) is 20.0. The van der Waals surface area contributed by atoms with Gasteiger partial charge in [0.25, 0.3) is 5.91 Å². The fourth-order valence-electron chi connectivity index (χ4n) is 2.15. The number of carbonyl (C=O) groups is 1. The van der Waals surface area contributed by atoms with Crippen LogP contribution in [0.4, 0.5) is 24.9 Å². The molecule has 2 N–H and O–H groups in total. The van der Waals surface area contributed by atoms with Crippen molar-refractivity contribution in [1.82, 2.24) is 15.3 Å². The van der Waals surface area contributed by atoms with Gasteiger partial charge in [0.1, 0.15) is 11.6 Å². The first kappa shape index (κ1) is 20.3. The molecule has 1 aromatic carbocycles. The average molecular weight is 383 g/mol. The number of ether oxygens (including phenoxy) is 1. The lowest BCUT2D eigenvalue weighted by Crippen LogP contribution is -2.29. The van der Waals surface area contributed by atoms with E-state index in [1.54, 1.807) is 0 Å². The van der Waals surface area contributed by atoms with E-state index in [1.807, 2.05) is 32.0 Å². The van der Waals surface area contributed by atoms with Crippen LogP contribution in [0.25, 0.3) is 0 Å². The summed E-state index contributed by atoms with van der Waals surface area (Å²) in [6.07, 6.45) is -4.81. The highest BCUT2D eigenvalue weighted by Gasteiger charge is 2.31. The van der Waals surface area contributed by atoms with Gasteiger partial charge in [-0.05, 0) is 25.1 Å². The Labute approximate surface area is 154 Å². The van der Waals surface area contributed by atoms with Crippen LogP contribution in [0.2, 0.25) is 0 Å². The summed E-state index contributed by atoms with van der Waals surface area (Å²) in [5.74, 6) is 0.213. The van der Waals surface area contributed by atoms with Gasteiger partial charge in [0, 0.05) is 44.5 Å². The summed E-state index contributed by atoms with van der Waals surface area (Å²) in [6.45, 7) is 2.43. The minimum atomic E-state index is -4.81. The summed E-state index contributed by atoms with van der Waals surface area (Å²) < 4.78 is 40.5. The lowest BCUT2D eigenvalue weighted by Gasteiger charge is -2.14. The first-order valence-electron chi connectivity index (χ1n) is 8.05. The highest BCUT2D eigenvalue weighted by atomic mass is 19.4. The van der Waals surface area contributed by atoms with Crippen LogP contribution >= 0.6 is 0 Å². The molecule has 0 unspecified atom stereocenters. The zero-order valence-electron chi connectivity index (χ0n) is 15.1. The van der Waals surface area contributed by atoms with Crippen molar-refractivity contribution in [2.75, 3.05) is 37.4 Å². The van der Waals surface area contributed by atoms with Crippen molar-refractivity contribution in [1.29, 1.82) is 0 Å². The largest absolute Gasteiger partial charge is 0.573 e. The Hall–Kier alpha value is -3.04. The van der Waals surface area contributed by atoms with Crippen LogP contribution in [0.15, 0.2) is 30.3 Å². The second kappa shape index (κ2) is 8.56. The summed E-state index contributed by atoms with van der Waals surface area (Å²) in [7, 11) is 3.73. The van der Waals surface area contributed by atoms with Crippen LogP contribution in [-0.4, -0.2) is 49.4 Å². The first-order chi connectivity index (χ1) is 12.6. The van der Waals surface area contributed by atoms with E-state index in [4.69, 9.17) is 0 Å². The van der Waals surface area contributed by atoms with Gasteiger partial charge in [-0.3, -0.25) is 4.79 Å². The molecular weight excluding hydrogens is 363 g/mol. The summed E-state index contributed by atoms with van der Waals surface area (Å²) in [5, 5.41) is 5.60. The monoisotopic (exact) mass is 383 g/mol. The molecule has 0 aliphatic heterocycles. The normalized spacial score (nSPS) is 11.0. The maximum atomic E-state index is 12.2. The van der Waals surface area contributed by atoms with Crippen molar-refractivity contribution >= 4 is 17.7 Å². The number of anilines is 2. The van der Waals surface area contributed by atoms with E-state index in [1.165, 1.54) is 12.1 Å². The topological polar surface area (TPSA) is 79.4 Å². The van der Waals surface area contributed by atoms with Crippen LogP contribution in [-0.2, 0) is 0 Å². The molecule has 0 aliphatic carbocycles. The molecule has 7 nitrogen and oxygen atoms in total. The highest BCUT2D eigenvalue weighted by Crippen LogP contribution is 2.23. The minimum Gasteiger partial charge on any atom is -0.406 e. The molecule has 0 fully saturated rings. The number of amides is 1. The molecule has 0 aliphatic rings. The highest BCUT2D eigenvalue weighted by molar-refractivity contribution is 5.94. The van der Waals surface area contributed by atoms with Gasteiger partial charge in [0.2, 0.25) is 5.95 Å². The lowest BCUT2D eigenvalue weighted by atomic mass is 10.2. The van der Waals surface area contributed by atoms with Gasteiger partial charge in [-0.25, -0.2) is 4.98 Å². The molecule has 146 valence electrons. The molecule has 1 amide bonds. The second-order valence-corrected chi connectivity index (χ2v) is 5.84. The van der Waals surface area contributed by atoms with Crippen molar-refractivity contribution < 1.29 is 22.7 Å². The summed E-state index contributed by atoms with van der Waals surface area (Å²) in [6, 6.07) is 6.71. The van der Waals surface area contributed by atoms with Crippen molar-refractivity contribution in [3.8, 4) is 5.75 Å². The molecule has 0 bridgehead atoms. The number of benzene rings is 1. The molecule has 0 saturated carbocycles. The molecule has 27 heavy (non-hydrogen) atoms. The SMILES string of the molecule is Cc1cc(N(C)C)nc(NCCNC(=O)c2cccc(OC(F)(F)F)c2)n1. The zero-order valence-corrected chi connectivity index (χ0v) is 15.1. The predicted octanol–water partition coefficient (Wildman–Crippen LogP) is 2.59. The fraction of sp³-hybridized carbons (Fsp3) is 0.353. The van der Waals surface area contributed by atoms with Gasteiger partial charge >= 0.3 is 6.36 Å². The third kappa shape index (κ3) is 6.65. The Kier molecular flexibility index (Phi) is 6.43. The van der Waals surface area contributed by atoms with Crippen molar-refractivity contribution in [2.24, 2.45) is 0 Å². The van der Waals surface area contributed by atoms with Gasteiger partial charge < -0.3 is 20.3 Å². The lowest BCUT2D eigenvalue weighted by molar-refractivity contribution is -0.274. The van der Waals surface area contributed by atoms with Gasteiger partial charge in [-0.1, -0.05) is 6.07 Å².